The van der Waals surface area contributed by atoms with E-state index in [9.17, 15) is 14.7 Å². The molecule has 110 valence electrons. The maximum absolute atomic E-state index is 11.6. The molecule has 1 heterocycles. The number of carbonyl (C=O) groups is 2. The van der Waals surface area contributed by atoms with Gasteiger partial charge in [0.05, 0.1) is 6.54 Å². The van der Waals surface area contributed by atoms with Crippen LogP contribution in [-0.4, -0.2) is 23.5 Å². The van der Waals surface area contributed by atoms with Crippen molar-refractivity contribution in [3.05, 3.63) is 54.0 Å². The second-order valence-electron chi connectivity index (χ2n) is 4.49. The van der Waals surface area contributed by atoms with Crippen molar-refractivity contribution in [1.29, 1.82) is 0 Å². The Hall–Kier alpha value is -2.60. The molecular formula is C15H16N2O4. The molecule has 1 atom stereocenters. The second kappa shape index (κ2) is 6.71. The molecule has 0 spiro atoms. The lowest BCUT2D eigenvalue weighted by molar-refractivity contribution is -0.136. The lowest BCUT2D eigenvalue weighted by atomic mass is 10.2. The Morgan fingerprint density at radius 3 is 2.48 bits per heavy atom. The van der Waals surface area contributed by atoms with Crippen molar-refractivity contribution in [2.24, 2.45) is 0 Å². The van der Waals surface area contributed by atoms with Crippen molar-refractivity contribution < 1.29 is 19.1 Å². The molecule has 0 saturated heterocycles. The van der Waals surface area contributed by atoms with Crippen LogP contribution in [0.1, 0.15) is 17.6 Å². The molecule has 0 bridgehead atoms. The van der Waals surface area contributed by atoms with Crippen molar-refractivity contribution in [2.75, 3.05) is 11.9 Å². The number of furan rings is 1. The van der Waals surface area contributed by atoms with Crippen molar-refractivity contribution in [3.8, 4) is 0 Å². The Bertz CT molecular complexity index is 622. The summed E-state index contributed by atoms with van der Waals surface area (Å²) in [7, 11) is 0. The molecule has 0 aliphatic carbocycles. The summed E-state index contributed by atoms with van der Waals surface area (Å²) < 4.78 is 5.23. The summed E-state index contributed by atoms with van der Waals surface area (Å²) in [4.78, 5) is 23.3. The number of aliphatic hydroxyl groups excluding tert-OH is 1. The SMILES string of the molecule is Cc1ccc(C(O)CNC(=O)C(=O)Nc2ccccc2)o1. The van der Waals surface area contributed by atoms with Gasteiger partial charge in [-0.25, -0.2) is 0 Å². The van der Waals surface area contributed by atoms with E-state index < -0.39 is 17.9 Å². The van der Waals surface area contributed by atoms with Gasteiger partial charge in [0.25, 0.3) is 0 Å². The Labute approximate surface area is 121 Å². The number of amides is 2. The average Bonchev–Trinajstić information content (AvgIpc) is 2.92. The molecule has 0 saturated carbocycles. The fraction of sp³-hybridized carbons (Fsp3) is 0.200. The van der Waals surface area contributed by atoms with Crippen molar-refractivity contribution >= 4 is 17.5 Å². The molecule has 2 amide bonds. The molecule has 6 heteroatoms. The summed E-state index contributed by atoms with van der Waals surface area (Å²) in [6, 6.07) is 12.0. The highest BCUT2D eigenvalue weighted by Gasteiger charge is 2.17. The lowest BCUT2D eigenvalue weighted by Gasteiger charge is -2.09. The van der Waals surface area contributed by atoms with Gasteiger partial charge in [0.1, 0.15) is 17.6 Å². The Morgan fingerprint density at radius 2 is 1.86 bits per heavy atom. The Kier molecular flexibility index (Phi) is 4.73. The van der Waals surface area contributed by atoms with E-state index in [1.165, 1.54) is 0 Å². The number of hydrogen-bond donors (Lipinski definition) is 3. The van der Waals surface area contributed by atoms with Crippen LogP contribution in [0.3, 0.4) is 0 Å². The molecule has 0 aliphatic rings. The third kappa shape index (κ3) is 4.19. The third-order valence-corrected chi connectivity index (χ3v) is 2.78. The second-order valence-corrected chi connectivity index (χ2v) is 4.49. The minimum Gasteiger partial charge on any atom is -0.464 e. The standard InChI is InChI=1S/C15H16N2O4/c1-10-7-8-13(21-10)12(18)9-16-14(19)15(20)17-11-5-3-2-4-6-11/h2-8,12,18H,9H2,1H3,(H,16,19)(H,17,20). The van der Waals surface area contributed by atoms with Crippen LogP contribution in [0.25, 0.3) is 0 Å². The first-order valence-electron chi connectivity index (χ1n) is 6.45. The molecule has 2 aromatic rings. The van der Waals surface area contributed by atoms with E-state index >= 15 is 0 Å². The van der Waals surface area contributed by atoms with E-state index in [2.05, 4.69) is 10.6 Å². The molecule has 6 nitrogen and oxygen atoms in total. The maximum Gasteiger partial charge on any atom is 0.313 e. The van der Waals surface area contributed by atoms with Gasteiger partial charge in [-0.3, -0.25) is 9.59 Å². The van der Waals surface area contributed by atoms with Gasteiger partial charge in [0.15, 0.2) is 0 Å². The maximum atomic E-state index is 11.6. The number of carbonyl (C=O) groups excluding carboxylic acids is 2. The van der Waals surface area contributed by atoms with Gasteiger partial charge < -0.3 is 20.2 Å². The van der Waals surface area contributed by atoms with Crippen molar-refractivity contribution in [3.63, 3.8) is 0 Å². The van der Waals surface area contributed by atoms with Gasteiger partial charge >= 0.3 is 11.8 Å². The zero-order valence-corrected chi connectivity index (χ0v) is 11.5. The fourth-order valence-electron chi connectivity index (χ4n) is 1.71. The van der Waals surface area contributed by atoms with Gasteiger partial charge in [-0.15, -0.1) is 0 Å². The van der Waals surface area contributed by atoms with Crippen molar-refractivity contribution in [2.45, 2.75) is 13.0 Å². The first kappa shape index (κ1) is 14.8. The van der Waals surface area contributed by atoms with Gasteiger partial charge in [-0.05, 0) is 31.2 Å². The number of rotatable bonds is 4. The molecule has 0 fully saturated rings. The van der Waals surface area contributed by atoms with E-state index in [4.69, 9.17) is 4.42 Å². The monoisotopic (exact) mass is 288 g/mol. The molecule has 1 aromatic carbocycles. The number of hydrogen-bond acceptors (Lipinski definition) is 4. The first-order chi connectivity index (χ1) is 10.1. The lowest BCUT2D eigenvalue weighted by Crippen LogP contribution is -2.37. The molecule has 0 aliphatic heterocycles. The van der Waals surface area contributed by atoms with E-state index in [1.807, 2.05) is 0 Å². The molecule has 2 rings (SSSR count). The zero-order chi connectivity index (χ0) is 15.2. The van der Waals surface area contributed by atoms with Crippen LogP contribution < -0.4 is 10.6 Å². The van der Waals surface area contributed by atoms with Gasteiger partial charge in [-0.1, -0.05) is 18.2 Å². The van der Waals surface area contributed by atoms with E-state index in [0.29, 0.717) is 17.2 Å². The summed E-state index contributed by atoms with van der Waals surface area (Å²) in [6.45, 7) is 1.65. The van der Waals surface area contributed by atoms with E-state index in [0.717, 1.165) is 0 Å². The minimum absolute atomic E-state index is 0.103. The molecule has 1 unspecified atom stereocenters. The number of para-hydroxylation sites is 1. The largest absolute Gasteiger partial charge is 0.464 e. The fourth-order valence-corrected chi connectivity index (χ4v) is 1.71. The molecule has 0 radical (unpaired) electrons. The molecular weight excluding hydrogens is 272 g/mol. The number of nitrogens with one attached hydrogen (secondary N) is 2. The van der Waals surface area contributed by atoms with E-state index in [1.54, 1.807) is 49.4 Å². The van der Waals surface area contributed by atoms with Crippen LogP contribution >= 0.6 is 0 Å². The Balaban J connectivity index is 1.82. The predicted molar refractivity (Wildman–Crippen MR) is 76.5 cm³/mol. The summed E-state index contributed by atoms with van der Waals surface area (Å²) >= 11 is 0. The highest BCUT2D eigenvalue weighted by Crippen LogP contribution is 2.15. The van der Waals surface area contributed by atoms with Crippen LogP contribution in [-0.2, 0) is 9.59 Å². The quantitative estimate of drug-likeness (QED) is 0.741. The number of aliphatic hydroxyl groups is 1. The van der Waals surface area contributed by atoms with Gasteiger partial charge in [-0.2, -0.15) is 0 Å². The Morgan fingerprint density at radius 1 is 1.14 bits per heavy atom. The van der Waals surface area contributed by atoms with Crippen LogP contribution in [0.5, 0.6) is 0 Å². The van der Waals surface area contributed by atoms with Crippen molar-refractivity contribution in [1.82, 2.24) is 5.32 Å². The van der Waals surface area contributed by atoms with Gasteiger partial charge in [0, 0.05) is 5.69 Å². The van der Waals surface area contributed by atoms with Crippen LogP contribution in [0.15, 0.2) is 46.9 Å². The summed E-state index contributed by atoms with van der Waals surface area (Å²) in [5.41, 5.74) is 0.528. The summed E-state index contributed by atoms with van der Waals surface area (Å²) in [5, 5.41) is 14.6. The van der Waals surface area contributed by atoms with Crippen LogP contribution in [0.2, 0.25) is 0 Å². The molecule has 1 aromatic heterocycles. The molecule has 21 heavy (non-hydrogen) atoms. The first-order valence-corrected chi connectivity index (χ1v) is 6.45. The van der Waals surface area contributed by atoms with E-state index in [-0.39, 0.29) is 6.54 Å². The average molecular weight is 288 g/mol. The highest BCUT2D eigenvalue weighted by atomic mass is 16.4. The van der Waals surface area contributed by atoms with Gasteiger partial charge in [0.2, 0.25) is 0 Å². The number of anilines is 1. The van der Waals surface area contributed by atoms with Crippen LogP contribution in [0.4, 0.5) is 5.69 Å². The smallest absolute Gasteiger partial charge is 0.313 e. The van der Waals surface area contributed by atoms with Crippen LogP contribution in [0, 0.1) is 6.92 Å². The normalized spacial score (nSPS) is 11.7. The molecule has 3 N–H and O–H groups in total. The zero-order valence-electron chi connectivity index (χ0n) is 11.5. The highest BCUT2D eigenvalue weighted by molar-refractivity contribution is 6.39. The predicted octanol–water partition coefficient (Wildman–Crippen LogP) is 1.38. The summed E-state index contributed by atoms with van der Waals surface area (Å²) in [5.74, 6) is -0.598. The minimum atomic E-state index is -0.993. The summed E-state index contributed by atoms with van der Waals surface area (Å²) in [6.07, 6.45) is -0.993. The number of aryl methyl sites for hydroxylation is 1. The topological polar surface area (TPSA) is 91.6 Å². The number of benzene rings is 1. The third-order valence-electron chi connectivity index (χ3n) is 2.78.